The van der Waals surface area contributed by atoms with Gasteiger partial charge in [0.05, 0.1) is 26.8 Å². The molecule has 0 aliphatic carbocycles. The molecule has 0 saturated carbocycles. The number of aromatic nitrogens is 2. The molecule has 0 spiro atoms. The lowest BCUT2D eigenvalue weighted by Crippen LogP contribution is -2.46. The van der Waals surface area contributed by atoms with E-state index in [1.165, 1.54) is 25.7 Å². The molecular weight excluding hydrogens is 302 g/mol. The topological polar surface area (TPSA) is 29.9 Å². The number of benzene rings is 2. The maximum Gasteiger partial charge on any atom is 0.205 e. The summed E-state index contributed by atoms with van der Waals surface area (Å²) in [5, 5.41) is 6.28. The van der Waals surface area contributed by atoms with Crippen LogP contribution in [0.25, 0.3) is 31.2 Å². The minimum atomic E-state index is -0.0401. The number of nitrogens with one attached hydrogen (secondary N) is 1. The SMILES string of the molecule is CC1(C)Nc2nc3ccc4c5ccccc5sc4c3n2C1(C)C. The van der Waals surface area contributed by atoms with E-state index in [0.717, 1.165) is 11.5 Å². The summed E-state index contributed by atoms with van der Waals surface area (Å²) in [6.45, 7) is 9.09. The van der Waals surface area contributed by atoms with Gasteiger partial charge in [-0.1, -0.05) is 24.3 Å². The van der Waals surface area contributed by atoms with Crippen molar-refractivity contribution in [3.8, 4) is 0 Å². The van der Waals surface area contributed by atoms with Crippen LogP contribution in [0.2, 0.25) is 0 Å². The van der Waals surface area contributed by atoms with Crippen LogP contribution in [-0.4, -0.2) is 15.1 Å². The molecule has 1 N–H and O–H groups in total. The Hall–Kier alpha value is -2.07. The van der Waals surface area contributed by atoms with Crippen molar-refractivity contribution in [3.05, 3.63) is 36.4 Å². The van der Waals surface area contributed by atoms with Crippen LogP contribution in [0.4, 0.5) is 5.95 Å². The van der Waals surface area contributed by atoms with E-state index in [1.54, 1.807) is 0 Å². The molecule has 0 atom stereocenters. The van der Waals surface area contributed by atoms with Gasteiger partial charge in [-0.3, -0.25) is 0 Å². The van der Waals surface area contributed by atoms with E-state index >= 15 is 0 Å². The Balaban J connectivity index is 2.00. The molecule has 0 saturated heterocycles. The van der Waals surface area contributed by atoms with Crippen LogP contribution in [0, 0.1) is 0 Å². The molecule has 1 aliphatic heterocycles. The zero-order valence-corrected chi connectivity index (χ0v) is 14.6. The minimum absolute atomic E-state index is 0.0254. The molecule has 5 rings (SSSR count). The minimum Gasteiger partial charge on any atom is -0.348 e. The first-order valence-electron chi connectivity index (χ1n) is 8.01. The maximum absolute atomic E-state index is 4.86. The smallest absolute Gasteiger partial charge is 0.205 e. The molecular formula is C19H19N3S. The van der Waals surface area contributed by atoms with Crippen molar-refractivity contribution in [2.75, 3.05) is 5.32 Å². The highest BCUT2D eigenvalue weighted by atomic mass is 32.1. The first-order chi connectivity index (χ1) is 10.9. The van der Waals surface area contributed by atoms with Crippen LogP contribution in [0.3, 0.4) is 0 Å². The monoisotopic (exact) mass is 321 g/mol. The summed E-state index contributed by atoms with van der Waals surface area (Å²) >= 11 is 1.87. The lowest BCUT2D eigenvalue weighted by atomic mass is 9.84. The number of rotatable bonds is 0. The Bertz CT molecular complexity index is 1100. The van der Waals surface area contributed by atoms with E-state index < -0.39 is 0 Å². The molecule has 4 heteroatoms. The predicted octanol–water partition coefficient (Wildman–Crippen LogP) is 5.34. The molecule has 2 aromatic carbocycles. The first kappa shape index (κ1) is 13.4. The van der Waals surface area contributed by atoms with Gasteiger partial charge in [-0.25, -0.2) is 4.98 Å². The van der Waals surface area contributed by atoms with Gasteiger partial charge in [-0.05, 0) is 39.8 Å². The number of fused-ring (bicyclic) bond motifs is 7. The van der Waals surface area contributed by atoms with Crippen molar-refractivity contribution < 1.29 is 0 Å². The number of thiophene rings is 1. The Morgan fingerprint density at radius 1 is 1.00 bits per heavy atom. The molecule has 23 heavy (non-hydrogen) atoms. The molecule has 1 aliphatic rings. The van der Waals surface area contributed by atoms with Crippen LogP contribution in [0.15, 0.2) is 36.4 Å². The number of nitrogens with zero attached hydrogens (tertiary/aromatic N) is 2. The van der Waals surface area contributed by atoms with Gasteiger partial charge < -0.3 is 9.88 Å². The van der Waals surface area contributed by atoms with Crippen molar-refractivity contribution in [1.29, 1.82) is 0 Å². The highest BCUT2D eigenvalue weighted by Gasteiger charge is 2.47. The third-order valence-corrected chi connectivity index (χ3v) is 6.87. The van der Waals surface area contributed by atoms with E-state index in [9.17, 15) is 0 Å². The average molecular weight is 321 g/mol. The van der Waals surface area contributed by atoms with Gasteiger partial charge in [0, 0.05) is 15.5 Å². The van der Waals surface area contributed by atoms with Crippen LogP contribution in [-0.2, 0) is 5.54 Å². The van der Waals surface area contributed by atoms with E-state index in [4.69, 9.17) is 4.98 Å². The zero-order chi connectivity index (χ0) is 16.0. The summed E-state index contributed by atoms with van der Waals surface area (Å²) in [4.78, 5) is 4.86. The normalized spacial score (nSPS) is 18.6. The molecule has 0 amide bonds. The van der Waals surface area contributed by atoms with E-state index in [0.29, 0.717) is 0 Å². The second-order valence-corrected chi connectivity index (χ2v) is 8.54. The molecule has 0 fully saturated rings. The summed E-state index contributed by atoms with van der Waals surface area (Å²) in [6.07, 6.45) is 0. The van der Waals surface area contributed by atoms with E-state index in [-0.39, 0.29) is 11.1 Å². The fourth-order valence-corrected chi connectivity index (χ4v) is 4.92. The van der Waals surface area contributed by atoms with Gasteiger partial charge in [0.1, 0.15) is 0 Å². The van der Waals surface area contributed by atoms with Crippen molar-refractivity contribution in [3.63, 3.8) is 0 Å². The van der Waals surface area contributed by atoms with Gasteiger partial charge in [-0.15, -0.1) is 11.3 Å². The maximum atomic E-state index is 4.86. The fourth-order valence-electron chi connectivity index (χ4n) is 3.68. The van der Waals surface area contributed by atoms with Crippen molar-refractivity contribution in [1.82, 2.24) is 9.55 Å². The number of hydrogen-bond acceptors (Lipinski definition) is 3. The lowest BCUT2D eigenvalue weighted by molar-refractivity contribution is 0.270. The standard InChI is InChI=1S/C19H19N3S/c1-18(2)19(3,4)22-15-13(20-17(22)21-18)10-9-12-11-7-5-6-8-14(11)23-16(12)15/h5-10H,1-4H3,(H,20,21). The van der Waals surface area contributed by atoms with Crippen LogP contribution >= 0.6 is 11.3 Å². The number of imidazole rings is 1. The Morgan fingerprint density at radius 2 is 1.78 bits per heavy atom. The Kier molecular flexibility index (Phi) is 2.25. The van der Waals surface area contributed by atoms with Gasteiger partial charge >= 0.3 is 0 Å². The van der Waals surface area contributed by atoms with E-state index in [1.807, 2.05) is 11.3 Å². The van der Waals surface area contributed by atoms with Gasteiger partial charge in [0.2, 0.25) is 5.95 Å². The molecule has 0 radical (unpaired) electrons. The van der Waals surface area contributed by atoms with Crippen LogP contribution in [0.5, 0.6) is 0 Å². The van der Waals surface area contributed by atoms with E-state index in [2.05, 4.69) is 74.0 Å². The summed E-state index contributed by atoms with van der Waals surface area (Å²) in [5.74, 6) is 0.986. The summed E-state index contributed by atoms with van der Waals surface area (Å²) in [7, 11) is 0. The summed E-state index contributed by atoms with van der Waals surface area (Å²) in [5.41, 5.74) is 2.28. The second-order valence-electron chi connectivity index (χ2n) is 7.49. The molecule has 4 aromatic rings. The van der Waals surface area contributed by atoms with Crippen molar-refractivity contribution in [2.24, 2.45) is 0 Å². The third kappa shape index (κ3) is 1.47. The highest BCUT2D eigenvalue weighted by molar-refractivity contribution is 7.26. The summed E-state index contributed by atoms with van der Waals surface area (Å²) in [6, 6.07) is 13.0. The zero-order valence-electron chi connectivity index (χ0n) is 13.8. The average Bonchev–Trinajstić information content (AvgIpc) is 3.08. The van der Waals surface area contributed by atoms with Crippen molar-refractivity contribution in [2.45, 2.75) is 38.8 Å². The second kappa shape index (κ2) is 3.88. The molecule has 0 unspecified atom stereocenters. The quantitative estimate of drug-likeness (QED) is 0.473. The van der Waals surface area contributed by atoms with Crippen molar-refractivity contribution >= 4 is 48.5 Å². The van der Waals surface area contributed by atoms with Gasteiger partial charge in [0.25, 0.3) is 0 Å². The highest BCUT2D eigenvalue weighted by Crippen LogP contribution is 2.47. The Morgan fingerprint density at radius 3 is 2.61 bits per heavy atom. The lowest BCUT2D eigenvalue weighted by Gasteiger charge is -2.35. The van der Waals surface area contributed by atoms with Gasteiger partial charge in [0.15, 0.2) is 0 Å². The van der Waals surface area contributed by atoms with Gasteiger partial charge in [-0.2, -0.15) is 0 Å². The molecule has 3 nitrogen and oxygen atoms in total. The Labute approximate surface area is 138 Å². The number of hydrogen-bond donors (Lipinski definition) is 1. The number of anilines is 1. The molecule has 3 heterocycles. The predicted molar refractivity (Wildman–Crippen MR) is 99.6 cm³/mol. The molecule has 116 valence electrons. The first-order valence-corrected chi connectivity index (χ1v) is 8.83. The van der Waals surface area contributed by atoms with Crippen LogP contribution < -0.4 is 5.32 Å². The fraction of sp³-hybridized carbons (Fsp3) is 0.316. The van der Waals surface area contributed by atoms with Crippen LogP contribution in [0.1, 0.15) is 27.7 Å². The third-order valence-electron chi connectivity index (χ3n) is 5.67. The largest absolute Gasteiger partial charge is 0.348 e. The molecule has 2 aromatic heterocycles. The molecule has 0 bridgehead atoms. The summed E-state index contributed by atoms with van der Waals surface area (Å²) < 4.78 is 5.09.